The molecule has 0 spiro atoms. The second-order valence-electron chi connectivity index (χ2n) is 15.1. The second-order valence-corrected chi connectivity index (χ2v) is 15.1. The van der Waals surface area contributed by atoms with E-state index in [-0.39, 0.29) is 36.0 Å². The Hall–Kier alpha value is -5.13. The molecule has 12 heteroatoms. The summed E-state index contributed by atoms with van der Waals surface area (Å²) in [5, 5.41) is 6.57. The molecule has 4 aromatic rings. The lowest BCUT2D eigenvalue weighted by Gasteiger charge is -2.30. The maximum Gasteiger partial charge on any atom is 0.410 e. The van der Waals surface area contributed by atoms with Gasteiger partial charge < -0.3 is 30.2 Å². The van der Waals surface area contributed by atoms with E-state index in [2.05, 4.69) is 93.0 Å². The number of nitrogens with one attached hydrogen (secondary N) is 4. The van der Waals surface area contributed by atoms with Crippen LogP contribution in [0.5, 0.6) is 0 Å². The van der Waals surface area contributed by atoms with Gasteiger partial charge in [0.1, 0.15) is 23.3 Å². The monoisotopic (exact) mass is 691 g/mol. The molecule has 2 saturated heterocycles. The van der Waals surface area contributed by atoms with Crippen molar-refractivity contribution in [2.24, 2.45) is 10.9 Å². The number of aromatic nitrogens is 4. The van der Waals surface area contributed by atoms with Gasteiger partial charge in [-0.3, -0.25) is 14.7 Å². The van der Waals surface area contributed by atoms with Crippen molar-refractivity contribution in [1.82, 2.24) is 40.4 Å². The fourth-order valence-corrected chi connectivity index (χ4v) is 7.23. The van der Waals surface area contributed by atoms with Gasteiger partial charge in [-0.25, -0.2) is 14.8 Å². The van der Waals surface area contributed by atoms with E-state index in [1.54, 1.807) is 4.90 Å². The van der Waals surface area contributed by atoms with Crippen LogP contribution in [0.3, 0.4) is 0 Å². The number of rotatable bonds is 8. The van der Waals surface area contributed by atoms with E-state index in [0.29, 0.717) is 19.0 Å². The summed E-state index contributed by atoms with van der Waals surface area (Å²) in [6, 6.07) is 16.3. The highest BCUT2D eigenvalue weighted by atomic mass is 16.6. The highest BCUT2D eigenvalue weighted by Gasteiger charge is 2.38. The molecule has 3 aliphatic rings. The zero-order valence-corrected chi connectivity index (χ0v) is 30.2. The fraction of sp³-hybridized carbons (Fsp3) is 0.462. The topological polar surface area (TPSA) is 144 Å². The number of aliphatic imine (C=N–C) groups is 1. The molecule has 7 rings (SSSR count). The molecule has 0 unspecified atom stereocenters. The Morgan fingerprint density at radius 3 is 1.80 bits per heavy atom. The zero-order chi connectivity index (χ0) is 35.7. The van der Waals surface area contributed by atoms with Gasteiger partial charge in [-0.05, 0) is 74.6 Å². The Morgan fingerprint density at radius 2 is 1.31 bits per heavy atom. The third-order valence-electron chi connectivity index (χ3n) is 9.86. The van der Waals surface area contributed by atoms with Crippen molar-refractivity contribution >= 4 is 18.0 Å². The lowest BCUT2D eigenvalue weighted by molar-refractivity contribution is -0.135. The zero-order valence-electron chi connectivity index (χ0n) is 30.2. The van der Waals surface area contributed by atoms with E-state index in [9.17, 15) is 9.59 Å². The number of carbonyl (C=O) groups excluding carboxylic acids is 2. The summed E-state index contributed by atoms with van der Waals surface area (Å²) in [6.07, 6.45) is 7.00. The molecule has 4 N–H and O–H groups in total. The Balaban J connectivity index is 0.998. The van der Waals surface area contributed by atoms with Crippen LogP contribution in [0.25, 0.3) is 33.6 Å². The van der Waals surface area contributed by atoms with E-state index >= 15 is 0 Å². The number of imidazole rings is 2. The van der Waals surface area contributed by atoms with Crippen LogP contribution in [-0.4, -0.2) is 85.5 Å². The number of guanidine groups is 1. The first-order valence-corrected chi connectivity index (χ1v) is 18.2. The molecular formula is C39H49N9O3. The predicted molar refractivity (Wildman–Crippen MR) is 198 cm³/mol. The first-order chi connectivity index (χ1) is 24.5. The maximum atomic E-state index is 13.8. The van der Waals surface area contributed by atoms with E-state index in [1.165, 1.54) is 0 Å². The number of amides is 2. The molecule has 2 amide bonds. The van der Waals surface area contributed by atoms with E-state index < -0.39 is 5.60 Å². The van der Waals surface area contributed by atoms with Crippen LogP contribution >= 0.6 is 0 Å². The summed E-state index contributed by atoms with van der Waals surface area (Å²) in [5.74, 6) is 2.51. The molecule has 2 aromatic carbocycles. The van der Waals surface area contributed by atoms with Gasteiger partial charge in [0, 0.05) is 19.6 Å². The molecular weight excluding hydrogens is 642 g/mol. The van der Waals surface area contributed by atoms with Crippen molar-refractivity contribution in [2.45, 2.75) is 84.0 Å². The molecule has 51 heavy (non-hydrogen) atoms. The van der Waals surface area contributed by atoms with Crippen LogP contribution in [0.15, 0.2) is 65.9 Å². The molecule has 3 atom stereocenters. The van der Waals surface area contributed by atoms with Gasteiger partial charge >= 0.3 is 6.09 Å². The van der Waals surface area contributed by atoms with Crippen LogP contribution < -0.4 is 10.6 Å². The summed E-state index contributed by atoms with van der Waals surface area (Å²) in [6.45, 7) is 12.7. The molecule has 0 bridgehead atoms. The molecule has 0 aliphatic carbocycles. The molecule has 5 heterocycles. The van der Waals surface area contributed by atoms with E-state index in [0.717, 1.165) is 84.1 Å². The number of hydrogen-bond acceptors (Lipinski definition) is 8. The van der Waals surface area contributed by atoms with Gasteiger partial charge in [0.05, 0.1) is 42.4 Å². The summed E-state index contributed by atoms with van der Waals surface area (Å²) in [5.41, 5.74) is 5.58. The van der Waals surface area contributed by atoms with Crippen LogP contribution in [0.1, 0.15) is 84.0 Å². The van der Waals surface area contributed by atoms with Crippen molar-refractivity contribution < 1.29 is 14.3 Å². The third-order valence-corrected chi connectivity index (χ3v) is 9.86. The Morgan fingerprint density at radius 1 is 0.804 bits per heavy atom. The molecule has 0 saturated carbocycles. The smallest absolute Gasteiger partial charge is 0.410 e. The minimum atomic E-state index is -0.539. The number of benzene rings is 2. The lowest BCUT2D eigenvalue weighted by Crippen LogP contribution is -2.53. The average Bonchev–Trinajstić information content (AvgIpc) is 3.95. The second kappa shape index (κ2) is 14.2. The molecule has 268 valence electrons. The number of H-pyrrole nitrogens is 2. The summed E-state index contributed by atoms with van der Waals surface area (Å²) in [4.78, 5) is 51.1. The maximum absolute atomic E-state index is 13.8. The molecule has 12 nitrogen and oxygen atoms in total. The first kappa shape index (κ1) is 34.3. The molecule has 2 aromatic heterocycles. The van der Waals surface area contributed by atoms with Gasteiger partial charge in [-0.15, -0.1) is 0 Å². The number of likely N-dealkylation sites (tertiary alicyclic amines) is 2. The largest absolute Gasteiger partial charge is 0.444 e. The average molecular weight is 692 g/mol. The number of ether oxygens (including phenoxy) is 1. The van der Waals surface area contributed by atoms with E-state index in [4.69, 9.17) is 9.72 Å². The van der Waals surface area contributed by atoms with Gasteiger partial charge in [0.15, 0.2) is 5.96 Å². The number of hydrogen-bond donors (Lipinski definition) is 4. The van der Waals surface area contributed by atoms with Crippen molar-refractivity contribution in [1.29, 1.82) is 0 Å². The third kappa shape index (κ3) is 7.50. The van der Waals surface area contributed by atoms with Crippen molar-refractivity contribution in [3.05, 3.63) is 72.6 Å². The highest BCUT2D eigenvalue weighted by Crippen LogP contribution is 2.35. The fourth-order valence-electron chi connectivity index (χ4n) is 7.23. The quantitative estimate of drug-likeness (QED) is 0.167. The Bertz CT molecular complexity index is 1870. The van der Waals surface area contributed by atoms with Crippen molar-refractivity contribution in [3.63, 3.8) is 0 Å². The molecule has 0 radical (unpaired) electrons. The van der Waals surface area contributed by atoms with Crippen LogP contribution in [0.2, 0.25) is 0 Å². The predicted octanol–water partition coefficient (Wildman–Crippen LogP) is 6.44. The summed E-state index contributed by atoms with van der Waals surface area (Å²) >= 11 is 0. The van der Waals surface area contributed by atoms with Gasteiger partial charge in [0.2, 0.25) is 5.91 Å². The Labute approximate surface area is 299 Å². The summed E-state index contributed by atoms with van der Waals surface area (Å²) in [7, 11) is 0. The highest BCUT2D eigenvalue weighted by molar-refractivity contribution is 5.90. The van der Waals surface area contributed by atoms with Crippen LogP contribution in [0, 0.1) is 5.92 Å². The first-order valence-electron chi connectivity index (χ1n) is 18.2. The van der Waals surface area contributed by atoms with Crippen molar-refractivity contribution in [2.75, 3.05) is 26.2 Å². The van der Waals surface area contributed by atoms with E-state index in [1.807, 2.05) is 38.1 Å². The summed E-state index contributed by atoms with van der Waals surface area (Å²) < 4.78 is 5.64. The standard InChI is InChI=1S/C39H49N9O3/c1-24(2)33(46-37-40-18-19-41-37)36(49)47-20-6-8-31(47)34-42-22-29(44-34)27-14-10-25(11-15-27)26-12-16-28(17-13-26)30-23-43-35(45-30)32-9-7-21-48(32)38(50)51-39(3,4)5/h10-17,22-24,31-33H,6-9,18-21H2,1-5H3,(H,42,44)(H,43,45)(H2,40,41,46)/t31-,32-,33+/m0/s1. The molecule has 3 aliphatic heterocycles. The van der Waals surface area contributed by atoms with Gasteiger partial charge in [-0.2, -0.15) is 0 Å². The van der Waals surface area contributed by atoms with Gasteiger partial charge in [0.25, 0.3) is 0 Å². The van der Waals surface area contributed by atoms with Crippen LogP contribution in [0.4, 0.5) is 4.79 Å². The molecule has 2 fully saturated rings. The number of carbonyl (C=O) groups is 2. The normalized spacial score (nSPS) is 19.7. The lowest BCUT2D eigenvalue weighted by atomic mass is 10.0. The number of aromatic amines is 2. The van der Waals surface area contributed by atoms with Crippen molar-refractivity contribution in [3.8, 4) is 33.6 Å². The van der Waals surface area contributed by atoms with Gasteiger partial charge in [-0.1, -0.05) is 62.4 Å². The number of nitrogens with zero attached hydrogens (tertiary/aromatic N) is 5. The Kier molecular flexibility index (Phi) is 9.58. The minimum Gasteiger partial charge on any atom is -0.444 e. The SMILES string of the molecule is CC(C)[C@@H](NC1=NCCN1)C(=O)N1CCC[C@H]1c1ncc(-c2ccc(-c3ccc(-c4cnc([C@@H]5CCCN5C(=O)OC(C)(C)C)[nH]4)cc3)cc2)[nH]1. The minimum absolute atomic E-state index is 0.0846. The van der Waals surface area contributed by atoms with Crippen LogP contribution in [-0.2, 0) is 9.53 Å².